The monoisotopic (exact) mass is 831 g/mol. The normalized spacial score (nSPS) is 22.8. The molecular weight excluding hydrogens is 775 g/mol. The smallest absolute Gasteiger partial charge is 0.408 e. The summed E-state index contributed by atoms with van der Waals surface area (Å²) in [6.07, 6.45) is 2.07. The van der Waals surface area contributed by atoms with Crippen LogP contribution >= 0.6 is 0 Å². The van der Waals surface area contributed by atoms with E-state index in [9.17, 15) is 27.6 Å². The van der Waals surface area contributed by atoms with Gasteiger partial charge in [0.2, 0.25) is 21.8 Å². The first kappa shape index (κ1) is 43.4. The van der Waals surface area contributed by atoms with Gasteiger partial charge in [0, 0.05) is 35.4 Å². The third kappa shape index (κ3) is 9.19. The Bertz CT molecular complexity index is 2230. The molecule has 0 spiro atoms. The Kier molecular flexibility index (Phi) is 11.9. The number of carbonyl (C=O) groups is 4. The summed E-state index contributed by atoms with van der Waals surface area (Å²) in [5.41, 5.74) is -1.19. The number of fused-ring (bicyclic) bond motifs is 1. The summed E-state index contributed by atoms with van der Waals surface area (Å²) in [5, 5.41) is 6.27. The number of likely N-dealkylation sites (tertiary alicyclic amines) is 1. The van der Waals surface area contributed by atoms with Gasteiger partial charge in [-0.1, -0.05) is 70.5 Å². The molecule has 0 bridgehead atoms. The molecule has 1 unspecified atom stereocenters. The van der Waals surface area contributed by atoms with Crippen LogP contribution in [0.15, 0.2) is 67.3 Å². The van der Waals surface area contributed by atoms with Crippen molar-refractivity contribution in [1.29, 1.82) is 0 Å². The number of sulfonamides is 1. The lowest BCUT2D eigenvalue weighted by Crippen LogP contribution is -2.60. The van der Waals surface area contributed by atoms with Gasteiger partial charge in [0.05, 0.1) is 29.6 Å². The van der Waals surface area contributed by atoms with Crippen molar-refractivity contribution in [2.24, 2.45) is 11.3 Å². The number of aromatic nitrogens is 1. The van der Waals surface area contributed by atoms with Gasteiger partial charge < -0.3 is 29.7 Å². The SMILES string of the molecule is C=CC1C[C@]1(NC(=O)[C@@H]1C[C@@H](Oc2cc(-c3ccccc3)nc3cc(OC)ccc23)CN1C(=O)[C@@H](NC(=O)OC(C)(C)C)C(C)(C)C)C(=O)NS(=O)(=O)C1(CCC)CC1. The molecule has 2 heterocycles. The number of carbonyl (C=O) groups excluding carboxylic acids is 4. The molecule has 2 aliphatic carbocycles. The summed E-state index contributed by atoms with van der Waals surface area (Å²) < 4.78 is 46.0. The average Bonchev–Trinajstić information content (AvgIpc) is 4.07. The highest BCUT2D eigenvalue weighted by Gasteiger charge is 2.63. The number of rotatable bonds is 14. The molecule has 4 amide bonds. The van der Waals surface area contributed by atoms with E-state index < -0.39 is 79.2 Å². The van der Waals surface area contributed by atoms with Crippen LogP contribution in [0.3, 0.4) is 0 Å². The molecule has 3 aromatic rings. The minimum atomic E-state index is -4.04. The lowest BCUT2D eigenvalue weighted by Gasteiger charge is -2.36. The van der Waals surface area contributed by atoms with Crippen molar-refractivity contribution in [3.05, 3.63) is 67.3 Å². The molecule has 14 nitrogen and oxygen atoms in total. The Morgan fingerprint density at radius 1 is 1.03 bits per heavy atom. The Morgan fingerprint density at radius 3 is 2.31 bits per heavy atom. The number of alkyl carbamates (subject to hydrolysis) is 1. The van der Waals surface area contributed by atoms with E-state index in [0.717, 1.165) is 5.56 Å². The van der Waals surface area contributed by atoms with Gasteiger partial charge >= 0.3 is 6.09 Å². The standard InChI is InChI=1S/C44H57N5O9S/c1-10-19-43(20-21-43)59(54,55)48-39(52)44(25-28(44)11-2)47-37(50)34-23-30(26-49(34)38(51)36(41(3,4)5)46-40(53)58-42(6,7)8)57-35-24-32(27-15-13-12-14-16-27)45-33-22-29(56-9)17-18-31(33)35/h11-18,22,24,28,30,34,36H,2,10,19-21,23,25-26H2,1,3-9H3,(H,46,53)(H,47,50)(H,48,52)/t28?,30-,34+,36-,44-/m1/s1. The maximum absolute atomic E-state index is 14.8. The van der Waals surface area contributed by atoms with Gasteiger partial charge in [-0.15, -0.1) is 6.58 Å². The topological polar surface area (TPSA) is 182 Å². The van der Waals surface area contributed by atoms with E-state index in [1.54, 1.807) is 60.8 Å². The van der Waals surface area contributed by atoms with E-state index in [4.69, 9.17) is 19.2 Å². The second-order valence-electron chi connectivity index (χ2n) is 18.1. The zero-order chi connectivity index (χ0) is 43.1. The second-order valence-corrected chi connectivity index (χ2v) is 20.1. The first-order valence-corrected chi connectivity index (χ1v) is 21.7. The lowest BCUT2D eigenvalue weighted by molar-refractivity contribution is -0.143. The van der Waals surface area contributed by atoms with Crippen molar-refractivity contribution in [3.63, 3.8) is 0 Å². The summed E-state index contributed by atoms with van der Waals surface area (Å²) in [4.78, 5) is 62.6. The van der Waals surface area contributed by atoms with Crippen LogP contribution in [0.1, 0.15) is 87.0 Å². The molecular formula is C44H57N5O9S. The minimum Gasteiger partial charge on any atom is -0.497 e. The number of methoxy groups -OCH3 is 1. The van der Waals surface area contributed by atoms with E-state index in [-0.39, 0.29) is 19.4 Å². The van der Waals surface area contributed by atoms with Crippen molar-refractivity contribution in [2.75, 3.05) is 13.7 Å². The van der Waals surface area contributed by atoms with Gasteiger partial charge in [0.25, 0.3) is 5.91 Å². The molecule has 0 radical (unpaired) electrons. The molecule has 6 rings (SSSR count). The molecule has 59 heavy (non-hydrogen) atoms. The Labute approximate surface area is 346 Å². The average molecular weight is 832 g/mol. The summed E-state index contributed by atoms with van der Waals surface area (Å²) in [6, 6.07) is 14.5. The zero-order valence-electron chi connectivity index (χ0n) is 35.2. The predicted molar refractivity (Wildman–Crippen MR) is 224 cm³/mol. The highest BCUT2D eigenvalue weighted by molar-refractivity contribution is 7.91. The molecule has 318 valence electrons. The van der Waals surface area contributed by atoms with E-state index in [0.29, 0.717) is 53.8 Å². The first-order valence-electron chi connectivity index (χ1n) is 20.2. The van der Waals surface area contributed by atoms with Gasteiger partial charge in [-0.2, -0.15) is 0 Å². The van der Waals surface area contributed by atoms with E-state index in [2.05, 4.69) is 21.9 Å². The molecule has 2 aromatic carbocycles. The quantitative estimate of drug-likeness (QED) is 0.162. The number of pyridine rings is 1. The van der Waals surface area contributed by atoms with Gasteiger partial charge in [-0.25, -0.2) is 18.2 Å². The Morgan fingerprint density at radius 2 is 1.73 bits per heavy atom. The van der Waals surface area contributed by atoms with E-state index >= 15 is 0 Å². The fourth-order valence-electron chi connectivity index (χ4n) is 7.86. The van der Waals surface area contributed by atoms with Crippen molar-refractivity contribution < 1.29 is 41.8 Å². The maximum Gasteiger partial charge on any atom is 0.408 e. The van der Waals surface area contributed by atoms with Crippen LogP contribution in [-0.4, -0.2) is 89.8 Å². The first-order chi connectivity index (χ1) is 27.7. The number of benzene rings is 2. The lowest BCUT2D eigenvalue weighted by atomic mass is 9.85. The summed E-state index contributed by atoms with van der Waals surface area (Å²) in [6.45, 7) is 16.2. The van der Waals surface area contributed by atoms with Crippen LogP contribution in [0.5, 0.6) is 11.5 Å². The van der Waals surface area contributed by atoms with Crippen LogP contribution in [-0.2, 0) is 29.1 Å². The van der Waals surface area contributed by atoms with Gasteiger partial charge in [-0.05, 0) is 64.0 Å². The Balaban J connectivity index is 1.34. The van der Waals surface area contributed by atoms with Crippen molar-refractivity contribution >= 4 is 44.7 Å². The molecule has 3 N–H and O–H groups in total. The summed E-state index contributed by atoms with van der Waals surface area (Å²) >= 11 is 0. The van der Waals surface area contributed by atoms with E-state index in [1.165, 1.54) is 11.0 Å². The van der Waals surface area contributed by atoms with Crippen molar-refractivity contribution in [3.8, 4) is 22.8 Å². The Hall–Kier alpha value is -5.18. The number of nitrogens with zero attached hydrogens (tertiary/aromatic N) is 2. The van der Waals surface area contributed by atoms with Crippen LogP contribution in [0.4, 0.5) is 4.79 Å². The third-order valence-corrected chi connectivity index (χ3v) is 13.5. The molecule has 1 saturated heterocycles. The van der Waals surface area contributed by atoms with Crippen LogP contribution in [0.25, 0.3) is 22.2 Å². The van der Waals surface area contributed by atoms with Gasteiger partial charge in [0.1, 0.15) is 40.8 Å². The van der Waals surface area contributed by atoms with Gasteiger partial charge in [-0.3, -0.25) is 19.1 Å². The third-order valence-electron chi connectivity index (χ3n) is 11.3. The largest absolute Gasteiger partial charge is 0.497 e. The van der Waals surface area contributed by atoms with Gasteiger partial charge in [0.15, 0.2) is 0 Å². The highest BCUT2D eigenvalue weighted by Crippen LogP contribution is 2.49. The van der Waals surface area contributed by atoms with Crippen molar-refractivity contribution in [1.82, 2.24) is 25.2 Å². The summed E-state index contributed by atoms with van der Waals surface area (Å²) in [5.74, 6) is -1.55. The van der Waals surface area contributed by atoms with Crippen LogP contribution < -0.4 is 24.8 Å². The molecule has 5 atom stereocenters. The number of hydrogen-bond donors (Lipinski definition) is 3. The second kappa shape index (κ2) is 16.1. The zero-order valence-corrected chi connectivity index (χ0v) is 36.0. The van der Waals surface area contributed by atoms with Crippen molar-refractivity contribution in [2.45, 2.75) is 121 Å². The molecule has 1 aliphatic heterocycles. The fraction of sp³-hybridized carbons (Fsp3) is 0.523. The molecule has 3 aliphatic rings. The number of ether oxygens (including phenoxy) is 3. The molecule has 3 fully saturated rings. The molecule has 1 aromatic heterocycles. The highest BCUT2D eigenvalue weighted by atomic mass is 32.2. The van der Waals surface area contributed by atoms with Crippen LogP contribution in [0.2, 0.25) is 0 Å². The fourth-order valence-corrected chi connectivity index (χ4v) is 9.61. The number of nitrogens with one attached hydrogen (secondary N) is 3. The molecule has 2 saturated carbocycles. The number of hydrogen-bond acceptors (Lipinski definition) is 10. The minimum absolute atomic E-state index is 0.00980. The maximum atomic E-state index is 14.8. The van der Waals surface area contributed by atoms with E-state index in [1.807, 2.05) is 49.4 Å². The number of amides is 4. The van der Waals surface area contributed by atoms with Crippen LogP contribution in [0, 0.1) is 11.3 Å². The summed E-state index contributed by atoms with van der Waals surface area (Å²) in [7, 11) is -2.47. The molecule has 15 heteroatoms. The predicted octanol–water partition coefficient (Wildman–Crippen LogP) is 6.04.